The molecule has 22 heavy (non-hydrogen) atoms. The first-order valence-electron chi connectivity index (χ1n) is 6.71. The lowest BCUT2D eigenvalue weighted by molar-refractivity contribution is 0.744. The average molecular weight is 341 g/mol. The van der Waals surface area contributed by atoms with Crippen LogP contribution in [0.15, 0.2) is 38.0 Å². The summed E-state index contributed by atoms with van der Waals surface area (Å²) in [6.45, 7) is 4.23. The molecule has 2 rings (SSSR count). The quantitative estimate of drug-likeness (QED) is 0.669. The zero-order valence-corrected chi connectivity index (χ0v) is 14.2. The van der Waals surface area contributed by atoms with Crippen LogP contribution in [0.1, 0.15) is 13.8 Å². The minimum Gasteiger partial charge on any atom is -0.309 e. The van der Waals surface area contributed by atoms with Crippen LogP contribution in [0.5, 0.6) is 0 Å². The van der Waals surface area contributed by atoms with Gasteiger partial charge >= 0.3 is 5.69 Å². The highest BCUT2D eigenvalue weighted by Gasteiger charge is 2.16. The minimum atomic E-state index is -0.471. The van der Waals surface area contributed by atoms with Crippen LogP contribution in [0.2, 0.25) is 0 Å². The monoisotopic (exact) mass is 340 g/mol. The molecule has 0 saturated carbocycles. The Bertz CT molecular complexity index is 856. The summed E-state index contributed by atoms with van der Waals surface area (Å²) in [6.07, 6.45) is 5.70. The lowest BCUT2D eigenvalue weighted by atomic mass is 10.4. The molecule has 1 N–H and O–H groups in total. The third-order valence-corrected chi connectivity index (χ3v) is 4.13. The molecule has 0 saturated heterocycles. The number of hydrogen-bond acceptors (Lipinski definition) is 4. The van der Waals surface area contributed by atoms with Crippen molar-refractivity contribution in [3.63, 3.8) is 0 Å². The number of aromatic nitrogens is 4. The van der Waals surface area contributed by atoms with Crippen molar-refractivity contribution < 1.29 is 0 Å². The van der Waals surface area contributed by atoms with Gasteiger partial charge in [-0.2, -0.15) is 0 Å². The van der Waals surface area contributed by atoms with E-state index in [9.17, 15) is 9.59 Å². The molecule has 0 aliphatic carbocycles. The number of aryl methyl sites for hydroxylation is 1. The van der Waals surface area contributed by atoms with Crippen molar-refractivity contribution in [1.29, 1.82) is 0 Å². The van der Waals surface area contributed by atoms with Crippen LogP contribution < -0.4 is 11.2 Å². The second kappa shape index (κ2) is 7.02. The number of imidazole rings is 1. The van der Waals surface area contributed by atoms with E-state index in [0.717, 1.165) is 0 Å². The number of aromatic amines is 1. The van der Waals surface area contributed by atoms with E-state index in [0.29, 0.717) is 33.7 Å². The van der Waals surface area contributed by atoms with E-state index in [1.807, 2.05) is 25.2 Å². The van der Waals surface area contributed by atoms with Crippen LogP contribution in [0.4, 0.5) is 0 Å². The Labute approximate surface area is 136 Å². The van der Waals surface area contributed by atoms with Gasteiger partial charge in [0.1, 0.15) is 0 Å². The first-order chi connectivity index (χ1) is 10.5. The fourth-order valence-corrected chi connectivity index (χ4v) is 3.06. The number of fused-ring (bicyclic) bond motifs is 1. The zero-order chi connectivity index (χ0) is 16.3. The van der Waals surface area contributed by atoms with E-state index in [-0.39, 0.29) is 0 Å². The van der Waals surface area contributed by atoms with E-state index in [4.69, 9.17) is 11.6 Å². The van der Waals surface area contributed by atoms with Crippen LogP contribution in [0.25, 0.3) is 11.2 Å². The fraction of sp³-hybridized carbons (Fsp3) is 0.357. The van der Waals surface area contributed by atoms with Gasteiger partial charge in [0.15, 0.2) is 16.3 Å². The van der Waals surface area contributed by atoms with Crippen molar-refractivity contribution in [2.24, 2.45) is 7.05 Å². The number of H-pyrrole nitrogens is 1. The molecule has 0 unspecified atom stereocenters. The van der Waals surface area contributed by atoms with Gasteiger partial charge in [-0.1, -0.05) is 41.6 Å². The molecular weight excluding hydrogens is 324 g/mol. The normalized spacial score (nSPS) is 12.6. The number of nitrogens with one attached hydrogen (secondary N) is 1. The van der Waals surface area contributed by atoms with E-state index in [1.165, 1.54) is 16.3 Å². The highest BCUT2D eigenvalue weighted by Crippen LogP contribution is 2.22. The van der Waals surface area contributed by atoms with Gasteiger partial charge in [-0.15, -0.1) is 0 Å². The van der Waals surface area contributed by atoms with Gasteiger partial charge in [0, 0.05) is 24.4 Å². The van der Waals surface area contributed by atoms with E-state index < -0.39 is 11.2 Å². The summed E-state index contributed by atoms with van der Waals surface area (Å²) in [5.41, 5.74) is -0.117. The number of halogens is 1. The predicted molar refractivity (Wildman–Crippen MR) is 90.7 cm³/mol. The van der Waals surface area contributed by atoms with Crippen LogP contribution in [0.3, 0.4) is 0 Å². The van der Waals surface area contributed by atoms with Gasteiger partial charge in [-0.3, -0.25) is 14.3 Å². The SMILES string of the molecule is C/C=C/Cn1c(SC/C=C(\C)Cl)nc2c1c(=O)[nH]c(=O)n2C. The Kier molecular flexibility index (Phi) is 5.31. The number of allylic oxidation sites excluding steroid dienone is 3. The summed E-state index contributed by atoms with van der Waals surface area (Å²) in [5.74, 6) is 0.639. The summed E-state index contributed by atoms with van der Waals surface area (Å²) in [7, 11) is 1.59. The Balaban J connectivity index is 2.61. The summed E-state index contributed by atoms with van der Waals surface area (Å²) < 4.78 is 3.14. The van der Waals surface area contributed by atoms with Gasteiger partial charge < -0.3 is 4.57 Å². The maximum absolute atomic E-state index is 12.1. The summed E-state index contributed by atoms with van der Waals surface area (Å²) in [4.78, 5) is 30.6. The van der Waals surface area contributed by atoms with Crippen molar-refractivity contribution in [3.05, 3.63) is 44.1 Å². The second-order valence-corrected chi connectivity index (χ2v) is 6.25. The first-order valence-corrected chi connectivity index (χ1v) is 8.07. The van der Waals surface area contributed by atoms with Crippen molar-refractivity contribution in [3.8, 4) is 0 Å². The molecule has 8 heteroatoms. The van der Waals surface area contributed by atoms with Gasteiger partial charge in [-0.25, -0.2) is 9.78 Å². The molecule has 2 aromatic heterocycles. The van der Waals surface area contributed by atoms with Gasteiger partial charge in [0.2, 0.25) is 0 Å². The van der Waals surface area contributed by atoms with Crippen LogP contribution >= 0.6 is 23.4 Å². The maximum atomic E-state index is 12.1. The highest BCUT2D eigenvalue weighted by atomic mass is 35.5. The second-order valence-electron chi connectivity index (χ2n) is 4.67. The number of thioether (sulfide) groups is 1. The molecular formula is C14H17ClN4O2S. The largest absolute Gasteiger partial charge is 0.329 e. The zero-order valence-electron chi connectivity index (χ0n) is 12.6. The van der Waals surface area contributed by atoms with Crippen LogP contribution in [-0.2, 0) is 13.6 Å². The van der Waals surface area contributed by atoms with E-state index in [1.54, 1.807) is 18.5 Å². The highest BCUT2D eigenvalue weighted by molar-refractivity contribution is 7.99. The number of hydrogen-bond donors (Lipinski definition) is 1. The molecule has 0 spiro atoms. The molecule has 0 atom stereocenters. The minimum absolute atomic E-state index is 0.382. The standard InChI is InChI=1S/C14H17ClN4O2S/c1-4-5-7-19-10-11(18(3)13(21)17-12(10)20)16-14(19)22-8-6-9(2)15/h4-6H,7-8H2,1-3H3,(H,17,20,21)/b5-4+,9-6+. The molecule has 118 valence electrons. The molecule has 0 aromatic carbocycles. The summed E-state index contributed by atoms with van der Waals surface area (Å²) in [6, 6.07) is 0. The Morgan fingerprint density at radius 1 is 1.45 bits per heavy atom. The van der Waals surface area contributed by atoms with Crippen molar-refractivity contribution >= 4 is 34.5 Å². The van der Waals surface area contributed by atoms with Crippen molar-refractivity contribution in [2.75, 3.05) is 5.75 Å². The Morgan fingerprint density at radius 2 is 2.18 bits per heavy atom. The molecule has 2 aromatic rings. The third-order valence-electron chi connectivity index (χ3n) is 3.07. The predicted octanol–water partition coefficient (Wildman–Crippen LogP) is 2.23. The molecule has 6 nitrogen and oxygen atoms in total. The Morgan fingerprint density at radius 3 is 2.82 bits per heavy atom. The molecule has 2 heterocycles. The van der Waals surface area contributed by atoms with Crippen molar-refractivity contribution in [2.45, 2.75) is 25.5 Å². The molecule has 0 aliphatic heterocycles. The van der Waals surface area contributed by atoms with Crippen LogP contribution in [-0.4, -0.2) is 24.9 Å². The Hall–Kier alpha value is -1.73. The fourth-order valence-electron chi connectivity index (χ4n) is 1.94. The maximum Gasteiger partial charge on any atom is 0.329 e. The smallest absolute Gasteiger partial charge is 0.309 e. The van der Waals surface area contributed by atoms with E-state index >= 15 is 0 Å². The summed E-state index contributed by atoms with van der Waals surface area (Å²) in [5, 5.41) is 1.38. The van der Waals surface area contributed by atoms with Gasteiger partial charge in [-0.05, 0) is 13.8 Å². The van der Waals surface area contributed by atoms with Gasteiger partial charge in [0.05, 0.1) is 0 Å². The molecule has 0 amide bonds. The lowest BCUT2D eigenvalue weighted by Crippen LogP contribution is -2.29. The van der Waals surface area contributed by atoms with Crippen molar-refractivity contribution in [1.82, 2.24) is 19.1 Å². The topological polar surface area (TPSA) is 72.7 Å². The average Bonchev–Trinajstić information content (AvgIpc) is 2.81. The van der Waals surface area contributed by atoms with E-state index in [2.05, 4.69) is 9.97 Å². The molecule has 0 aliphatic rings. The van der Waals surface area contributed by atoms with Crippen LogP contribution in [0, 0.1) is 0 Å². The third kappa shape index (κ3) is 3.36. The lowest BCUT2D eigenvalue weighted by Gasteiger charge is -2.04. The number of nitrogens with zero attached hydrogens (tertiary/aromatic N) is 3. The molecule has 0 radical (unpaired) electrons. The molecule has 0 bridgehead atoms. The number of rotatable bonds is 5. The summed E-state index contributed by atoms with van der Waals surface area (Å²) >= 11 is 7.29. The first kappa shape index (κ1) is 16.6. The van der Waals surface area contributed by atoms with Gasteiger partial charge in [0.25, 0.3) is 5.56 Å². The molecule has 0 fully saturated rings.